The second-order valence-corrected chi connectivity index (χ2v) is 5.47. The number of carbonyl (C=O) groups excluding carboxylic acids is 1. The third kappa shape index (κ3) is 4.05. The Bertz CT molecular complexity index is 610. The van der Waals surface area contributed by atoms with Crippen molar-refractivity contribution in [1.29, 1.82) is 0 Å². The van der Waals surface area contributed by atoms with E-state index >= 15 is 0 Å². The van der Waals surface area contributed by atoms with Crippen LogP contribution in [0.5, 0.6) is 0 Å². The van der Waals surface area contributed by atoms with Gasteiger partial charge < -0.3 is 4.90 Å². The molecule has 1 unspecified atom stereocenters. The quantitative estimate of drug-likeness (QED) is 0.827. The molecule has 0 aliphatic heterocycles. The second-order valence-electron chi connectivity index (χ2n) is 5.04. The monoisotopic (exact) mass is 305 g/mol. The summed E-state index contributed by atoms with van der Waals surface area (Å²) in [6, 6.07) is 13.4. The number of hydrogen-bond donors (Lipinski definition) is 0. The summed E-state index contributed by atoms with van der Waals surface area (Å²) >= 11 is 5.87. The molecule has 0 radical (unpaired) electrons. The van der Waals surface area contributed by atoms with Crippen LogP contribution in [0.4, 0.5) is 4.39 Å². The van der Waals surface area contributed by atoms with Crippen molar-refractivity contribution in [2.75, 3.05) is 7.05 Å². The maximum Gasteiger partial charge on any atom is 0.227 e. The van der Waals surface area contributed by atoms with E-state index in [1.807, 2.05) is 31.2 Å². The van der Waals surface area contributed by atoms with Crippen LogP contribution in [-0.4, -0.2) is 17.9 Å². The largest absolute Gasteiger partial charge is 0.339 e. The standard InChI is InChI=1S/C17H17ClFNO/c1-12(14-5-7-15(18)8-6-14)20(2)17(21)11-13-3-9-16(19)10-4-13/h3-10,12H,11H2,1-2H3. The molecular weight excluding hydrogens is 289 g/mol. The Labute approximate surface area is 129 Å². The lowest BCUT2D eigenvalue weighted by atomic mass is 10.1. The van der Waals surface area contributed by atoms with Gasteiger partial charge in [0.05, 0.1) is 12.5 Å². The highest BCUT2D eigenvalue weighted by Crippen LogP contribution is 2.21. The van der Waals surface area contributed by atoms with Gasteiger partial charge in [0.25, 0.3) is 0 Å². The summed E-state index contributed by atoms with van der Waals surface area (Å²) < 4.78 is 12.9. The van der Waals surface area contributed by atoms with Crippen LogP contribution < -0.4 is 0 Å². The lowest BCUT2D eigenvalue weighted by Crippen LogP contribution is -2.30. The molecule has 2 aromatic rings. The molecule has 21 heavy (non-hydrogen) atoms. The van der Waals surface area contributed by atoms with Gasteiger partial charge in [0.15, 0.2) is 0 Å². The molecule has 1 atom stereocenters. The van der Waals surface area contributed by atoms with Crippen LogP contribution >= 0.6 is 11.6 Å². The van der Waals surface area contributed by atoms with E-state index in [9.17, 15) is 9.18 Å². The second kappa shape index (κ2) is 6.72. The van der Waals surface area contributed by atoms with Crippen LogP contribution in [-0.2, 0) is 11.2 Å². The van der Waals surface area contributed by atoms with Crippen LogP contribution in [0, 0.1) is 5.82 Å². The van der Waals surface area contributed by atoms with E-state index < -0.39 is 0 Å². The Morgan fingerprint density at radius 3 is 2.29 bits per heavy atom. The Kier molecular flexibility index (Phi) is 4.97. The first-order valence-electron chi connectivity index (χ1n) is 6.73. The normalized spacial score (nSPS) is 12.0. The summed E-state index contributed by atoms with van der Waals surface area (Å²) in [6.45, 7) is 1.96. The first-order valence-corrected chi connectivity index (χ1v) is 7.10. The summed E-state index contributed by atoms with van der Waals surface area (Å²) in [6.07, 6.45) is 0.259. The molecule has 4 heteroatoms. The van der Waals surface area contributed by atoms with Crippen LogP contribution in [0.3, 0.4) is 0 Å². The lowest BCUT2D eigenvalue weighted by molar-refractivity contribution is -0.131. The van der Waals surface area contributed by atoms with Gasteiger partial charge in [-0.3, -0.25) is 4.79 Å². The first kappa shape index (κ1) is 15.5. The maximum atomic E-state index is 12.9. The van der Waals surface area contributed by atoms with Gasteiger partial charge in [-0.2, -0.15) is 0 Å². The number of halogens is 2. The molecule has 0 aromatic heterocycles. The van der Waals surface area contributed by atoms with E-state index in [0.29, 0.717) is 5.02 Å². The highest BCUT2D eigenvalue weighted by molar-refractivity contribution is 6.30. The van der Waals surface area contributed by atoms with Crippen LogP contribution in [0.2, 0.25) is 5.02 Å². The molecule has 0 N–H and O–H groups in total. The van der Waals surface area contributed by atoms with E-state index in [0.717, 1.165) is 11.1 Å². The SMILES string of the molecule is CC(c1ccc(Cl)cc1)N(C)C(=O)Cc1ccc(F)cc1. The summed E-state index contributed by atoms with van der Waals surface area (Å²) in [7, 11) is 1.77. The Morgan fingerprint density at radius 1 is 1.14 bits per heavy atom. The number of hydrogen-bond acceptors (Lipinski definition) is 1. The Morgan fingerprint density at radius 2 is 1.71 bits per heavy atom. The van der Waals surface area contributed by atoms with E-state index in [-0.39, 0.29) is 24.2 Å². The van der Waals surface area contributed by atoms with Gasteiger partial charge in [0, 0.05) is 12.1 Å². The van der Waals surface area contributed by atoms with Crippen molar-refractivity contribution >= 4 is 17.5 Å². The van der Waals surface area contributed by atoms with Crippen molar-refractivity contribution < 1.29 is 9.18 Å². The summed E-state index contributed by atoms with van der Waals surface area (Å²) in [4.78, 5) is 14.0. The number of benzene rings is 2. The number of nitrogens with zero attached hydrogens (tertiary/aromatic N) is 1. The number of rotatable bonds is 4. The minimum atomic E-state index is -0.297. The first-order chi connectivity index (χ1) is 9.97. The summed E-state index contributed by atoms with van der Waals surface area (Å²) in [5, 5.41) is 0.672. The smallest absolute Gasteiger partial charge is 0.227 e. The molecule has 0 fully saturated rings. The zero-order chi connectivity index (χ0) is 15.4. The predicted molar refractivity (Wildman–Crippen MR) is 82.7 cm³/mol. The highest BCUT2D eigenvalue weighted by atomic mass is 35.5. The fourth-order valence-electron chi connectivity index (χ4n) is 2.08. The molecule has 110 valence electrons. The zero-order valence-electron chi connectivity index (χ0n) is 12.0. The Balaban J connectivity index is 2.04. The summed E-state index contributed by atoms with van der Waals surface area (Å²) in [5.41, 5.74) is 1.82. The zero-order valence-corrected chi connectivity index (χ0v) is 12.8. The third-order valence-corrected chi connectivity index (χ3v) is 3.85. The summed E-state index contributed by atoms with van der Waals surface area (Å²) in [5.74, 6) is -0.307. The molecule has 0 heterocycles. The van der Waals surface area contributed by atoms with Gasteiger partial charge in [-0.25, -0.2) is 4.39 Å². The van der Waals surface area contributed by atoms with Gasteiger partial charge in [-0.1, -0.05) is 35.9 Å². The molecule has 0 bridgehead atoms. The fourth-order valence-corrected chi connectivity index (χ4v) is 2.21. The van der Waals surface area contributed by atoms with Crippen molar-refractivity contribution in [1.82, 2.24) is 4.90 Å². The van der Waals surface area contributed by atoms with Crippen molar-refractivity contribution in [2.45, 2.75) is 19.4 Å². The van der Waals surface area contributed by atoms with Crippen molar-refractivity contribution in [3.8, 4) is 0 Å². The minimum Gasteiger partial charge on any atom is -0.339 e. The van der Waals surface area contributed by atoms with Crippen molar-refractivity contribution in [2.24, 2.45) is 0 Å². The number of amides is 1. The molecule has 2 nitrogen and oxygen atoms in total. The van der Waals surface area contributed by atoms with Crippen LogP contribution in [0.25, 0.3) is 0 Å². The predicted octanol–water partition coefficient (Wildman–Crippen LogP) is 4.24. The molecule has 0 aliphatic carbocycles. The highest BCUT2D eigenvalue weighted by Gasteiger charge is 2.17. The molecule has 2 aromatic carbocycles. The van der Waals surface area contributed by atoms with Crippen LogP contribution in [0.15, 0.2) is 48.5 Å². The topological polar surface area (TPSA) is 20.3 Å². The van der Waals surface area contributed by atoms with Crippen molar-refractivity contribution in [3.05, 3.63) is 70.5 Å². The number of carbonyl (C=O) groups is 1. The average Bonchev–Trinajstić information content (AvgIpc) is 2.49. The van der Waals surface area contributed by atoms with E-state index in [4.69, 9.17) is 11.6 Å². The van der Waals surface area contributed by atoms with E-state index in [1.54, 1.807) is 24.1 Å². The average molecular weight is 306 g/mol. The van der Waals surface area contributed by atoms with Gasteiger partial charge in [-0.15, -0.1) is 0 Å². The molecule has 0 saturated carbocycles. The number of likely N-dealkylation sites (N-methyl/N-ethyl adjacent to an activating group) is 1. The molecule has 0 spiro atoms. The maximum absolute atomic E-state index is 12.9. The van der Waals surface area contributed by atoms with Gasteiger partial charge in [0.1, 0.15) is 5.82 Å². The molecule has 0 saturated heterocycles. The van der Waals surface area contributed by atoms with Crippen LogP contribution in [0.1, 0.15) is 24.1 Å². The third-order valence-electron chi connectivity index (χ3n) is 3.60. The Hall–Kier alpha value is -1.87. The molecular formula is C17H17ClFNO. The van der Waals surface area contributed by atoms with Gasteiger partial charge >= 0.3 is 0 Å². The molecule has 0 aliphatic rings. The minimum absolute atomic E-state index is 0.0101. The molecule has 2 rings (SSSR count). The molecule has 1 amide bonds. The fraction of sp³-hybridized carbons (Fsp3) is 0.235. The van der Waals surface area contributed by atoms with E-state index in [2.05, 4.69) is 0 Å². The van der Waals surface area contributed by atoms with Gasteiger partial charge in [0.2, 0.25) is 5.91 Å². The van der Waals surface area contributed by atoms with Crippen molar-refractivity contribution in [3.63, 3.8) is 0 Å². The van der Waals surface area contributed by atoms with Gasteiger partial charge in [-0.05, 0) is 42.3 Å². The van der Waals surface area contributed by atoms with E-state index in [1.165, 1.54) is 12.1 Å². The lowest BCUT2D eigenvalue weighted by Gasteiger charge is -2.25.